The number of carbonyl (C=O) groups is 2. The van der Waals surface area contributed by atoms with Crippen molar-refractivity contribution in [2.45, 2.75) is 31.6 Å². The van der Waals surface area contributed by atoms with Crippen molar-refractivity contribution in [3.8, 4) is 5.75 Å². The second-order valence-electron chi connectivity index (χ2n) is 10.1. The fourth-order valence-electron chi connectivity index (χ4n) is 5.44. The number of anilines is 1. The van der Waals surface area contributed by atoms with Crippen molar-refractivity contribution in [1.29, 1.82) is 0 Å². The molecule has 212 valence electrons. The smallest absolute Gasteiger partial charge is 0.416 e. The summed E-state index contributed by atoms with van der Waals surface area (Å²) in [6.45, 7) is 3.82. The Morgan fingerprint density at radius 2 is 1.85 bits per heavy atom. The van der Waals surface area contributed by atoms with Gasteiger partial charge in [-0.1, -0.05) is 18.2 Å². The molecule has 1 N–H and O–H groups in total. The van der Waals surface area contributed by atoms with Crippen LogP contribution in [0.2, 0.25) is 0 Å². The predicted octanol–water partition coefficient (Wildman–Crippen LogP) is 5.49. The summed E-state index contributed by atoms with van der Waals surface area (Å²) < 4.78 is 44.5. The number of hydrogen-bond donors (Lipinski definition) is 1. The number of amides is 3. The van der Waals surface area contributed by atoms with Crippen molar-refractivity contribution in [1.82, 2.24) is 14.7 Å². The van der Waals surface area contributed by atoms with Gasteiger partial charge in [0.15, 0.2) is 0 Å². The van der Waals surface area contributed by atoms with Crippen LogP contribution in [-0.2, 0) is 17.4 Å². The maximum Gasteiger partial charge on any atom is 0.416 e. The lowest BCUT2D eigenvalue weighted by Gasteiger charge is -2.41. The summed E-state index contributed by atoms with van der Waals surface area (Å²) in [5, 5.41) is 4.67. The Hall–Kier alpha value is -3.57. The number of hydrogen-bond acceptors (Lipinski definition) is 5. The van der Waals surface area contributed by atoms with E-state index in [0.29, 0.717) is 13.1 Å². The molecule has 40 heavy (non-hydrogen) atoms. The highest BCUT2D eigenvalue weighted by atomic mass is 32.1. The molecule has 0 aliphatic carbocycles. The quantitative estimate of drug-likeness (QED) is 0.440. The van der Waals surface area contributed by atoms with Gasteiger partial charge in [-0.15, -0.1) is 11.3 Å². The number of nitrogens with zero attached hydrogens (tertiary/aromatic N) is 3. The molecule has 2 unspecified atom stereocenters. The number of nitrogens with one attached hydrogen (secondary N) is 1. The molecule has 2 aliphatic heterocycles. The van der Waals surface area contributed by atoms with Gasteiger partial charge < -0.3 is 19.9 Å². The minimum Gasteiger partial charge on any atom is -0.497 e. The Labute approximate surface area is 235 Å². The van der Waals surface area contributed by atoms with E-state index in [0.717, 1.165) is 36.4 Å². The predicted molar refractivity (Wildman–Crippen MR) is 148 cm³/mol. The van der Waals surface area contributed by atoms with Crippen molar-refractivity contribution < 1.29 is 27.5 Å². The van der Waals surface area contributed by atoms with Crippen molar-refractivity contribution in [3.63, 3.8) is 0 Å². The van der Waals surface area contributed by atoms with Crippen LogP contribution in [0.1, 0.15) is 34.5 Å². The highest BCUT2D eigenvalue weighted by Crippen LogP contribution is 2.38. The van der Waals surface area contributed by atoms with E-state index in [4.69, 9.17) is 4.74 Å². The molecule has 0 spiro atoms. The molecule has 1 saturated heterocycles. The molecule has 3 aromatic rings. The average Bonchev–Trinajstić information content (AvgIpc) is 3.41. The molecular weight excluding hydrogens is 541 g/mol. The van der Waals surface area contributed by atoms with Crippen LogP contribution in [0.4, 0.5) is 23.7 Å². The second-order valence-corrected chi connectivity index (χ2v) is 11.1. The van der Waals surface area contributed by atoms with E-state index in [1.54, 1.807) is 28.2 Å². The third kappa shape index (κ3) is 5.95. The van der Waals surface area contributed by atoms with Crippen molar-refractivity contribution in [2.75, 3.05) is 45.2 Å². The number of methoxy groups -OCH3 is 1. The number of carbonyl (C=O) groups excluding carboxylic acids is 2. The number of benzene rings is 2. The molecule has 0 radical (unpaired) electrons. The largest absolute Gasteiger partial charge is 0.497 e. The summed E-state index contributed by atoms with van der Waals surface area (Å²) in [5.41, 5.74) is 1.57. The summed E-state index contributed by atoms with van der Waals surface area (Å²) >= 11 is 1.74. The van der Waals surface area contributed by atoms with Crippen LogP contribution in [0.3, 0.4) is 0 Å². The number of ether oxygens (including phenoxy) is 1. The topological polar surface area (TPSA) is 65.1 Å². The molecule has 2 atom stereocenters. The lowest BCUT2D eigenvalue weighted by Crippen LogP contribution is -2.58. The Bertz CT molecular complexity index is 1360. The van der Waals surface area contributed by atoms with E-state index in [1.807, 2.05) is 31.2 Å². The van der Waals surface area contributed by atoms with Gasteiger partial charge in [0.2, 0.25) is 5.91 Å². The van der Waals surface area contributed by atoms with Crippen LogP contribution in [0.5, 0.6) is 5.75 Å². The Balaban J connectivity index is 1.23. The number of fused-ring (bicyclic) bond motifs is 1. The lowest BCUT2D eigenvalue weighted by molar-refractivity contribution is -0.137. The standard InChI is InChI=1S/C29H31F3N4O3S/c1-19-17-34(13-14-36(19)28(38)33-22-5-3-4-21(16-22)29(30,31)32)26(37)18-35-12-10-25-24(11-15-40-25)27(35)20-6-8-23(39-2)9-7-20/h3-9,11,15-16,19,27H,10,12-14,17-18H2,1-2H3,(H,33,38). The molecule has 1 fully saturated rings. The van der Waals surface area contributed by atoms with Gasteiger partial charge in [-0.05, 0) is 66.2 Å². The zero-order valence-corrected chi connectivity index (χ0v) is 23.1. The van der Waals surface area contributed by atoms with Gasteiger partial charge in [-0.25, -0.2) is 4.79 Å². The molecule has 7 nitrogen and oxygen atoms in total. The van der Waals surface area contributed by atoms with Crippen LogP contribution in [0.25, 0.3) is 0 Å². The normalized spacial score (nSPS) is 19.7. The fourth-order valence-corrected chi connectivity index (χ4v) is 6.35. The first-order valence-electron chi connectivity index (χ1n) is 13.1. The minimum absolute atomic E-state index is 0.0121. The summed E-state index contributed by atoms with van der Waals surface area (Å²) in [6.07, 6.45) is -3.61. The number of alkyl halides is 3. The molecule has 11 heteroatoms. The summed E-state index contributed by atoms with van der Waals surface area (Å²) in [7, 11) is 1.63. The van der Waals surface area contributed by atoms with Crippen LogP contribution < -0.4 is 10.1 Å². The zero-order valence-electron chi connectivity index (χ0n) is 22.3. The summed E-state index contributed by atoms with van der Waals surface area (Å²) in [4.78, 5) is 33.2. The number of piperazine rings is 1. The van der Waals surface area contributed by atoms with Gasteiger partial charge in [0.25, 0.3) is 0 Å². The van der Waals surface area contributed by atoms with Gasteiger partial charge >= 0.3 is 12.2 Å². The third-order valence-electron chi connectivity index (χ3n) is 7.52. The summed E-state index contributed by atoms with van der Waals surface area (Å²) in [6, 6.07) is 13.8. The highest BCUT2D eigenvalue weighted by Gasteiger charge is 2.35. The molecule has 1 aromatic heterocycles. The molecule has 0 bridgehead atoms. The SMILES string of the molecule is COc1ccc(C2c3ccsc3CCN2CC(=O)N2CCN(C(=O)Nc3cccc(C(F)(F)F)c3)C(C)C2)cc1. The van der Waals surface area contributed by atoms with Crippen LogP contribution in [0.15, 0.2) is 60.0 Å². The van der Waals surface area contributed by atoms with E-state index in [9.17, 15) is 22.8 Å². The van der Waals surface area contributed by atoms with Gasteiger partial charge in [0, 0.05) is 42.8 Å². The van der Waals surface area contributed by atoms with Crippen molar-refractivity contribution in [2.24, 2.45) is 0 Å². The zero-order chi connectivity index (χ0) is 28.4. The maximum absolute atomic E-state index is 13.5. The Morgan fingerprint density at radius 3 is 2.55 bits per heavy atom. The Kier molecular flexibility index (Phi) is 8.04. The highest BCUT2D eigenvalue weighted by molar-refractivity contribution is 7.10. The molecule has 3 heterocycles. The van der Waals surface area contributed by atoms with Crippen LogP contribution >= 0.6 is 11.3 Å². The van der Waals surface area contributed by atoms with Gasteiger partial charge in [-0.3, -0.25) is 9.69 Å². The number of thiophene rings is 1. The van der Waals surface area contributed by atoms with E-state index in [2.05, 4.69) is 21.7 Å². The van der Waals surface area contributed by atoms with E-state index in [1.165, 1.54) is 22.6 Å². The lowest BCUT2D eigenvalue weighted by atomic mass is 9.93. The van der Waals surface area contributed by atoms with E-state index in [-0.39, 0.29) is 36.8 Å². The minimum atomic E-state index is -4.49. The number of rotatable bonds is 5. The van der Waals surface area contributed by atoms with E-state index < -0.39 is 17.8 Å². The molecule has 2 aromatic carbocycles. The third-order valence-corrected chi connectivity index (χ3v) is 8.51. The van der Waals surface area contributed by atoms with Gasteiger partial charge in [-0.2, -0.15) is 13.2 Å². The molecular formula is C29H31F3N4O3S. The molecule has 2 aliphatic rings. The Morgan fingerprint density at radius 1 is 1.07 bits per heavy atom. The molecule has 0 saturated carbocycles. The first-order chi connectivity index (χ1) is 19.1. The number of urea groups is 1. The maximum atomic E-state index is 13.5. The average molecular weight is 573 g/mol. The first-order valence-corrected chi connectivity index (χ1v) is 14.0. The fraction of sp³-hybridized carbons (Fsp3) is 0.379. The summed E-state index contributed by atoms with van der Waals surface area (Å²) in [5.74, 6) is 0.763. The molecule has 5 rings (SSSR count). The molecule has 3 amide bonds. The number of halogens is 3. The van der Waals surface area contributed by atoms with Crippen LogP contribution in [-0.4, -0.2) is 72.5 Å². The van der Waals surface area contributed by atoms with Gasteiger partial charge in [0.1, 0.15) is 5.75 Å². The first kappa shape index (κ1) is 28.0. The second kappa shape index (κ2) is 11.5. The van der Waals surface area contributed by atoms with Crippen LogP contribution in [0, 0.1) is 0 Å². The van der Waals surface area contributed by atoms with E-state index >= 15 is 0 Å². The monoisotopic (exact) mass is 572 g/mol. The van der Waals surface area contributed by atoms with Crippen molar-refractivity contribution in [3.05, 3.63) is 81.5 Å². The van der Waals surface area contributed by atoms with Gasteiger partial charge in [0.05, 0.1) is 25.3 Å². The van der Waals surface area contributed by atoms with Crippen molar-refractivity contribution >= 4 is 29.0 Å².